The van der Waals surface area contributed by atoms with Crippen LogP contribution in [0, 0.1) is 0 Å². The van der Waals surface area contributed by atoms with Gasteiger partial charge in [-0.2, -0.15) is 9.40 Å². The van der Waals surface area contributed by atoms with E-state index >= 15 is 0 Å². The van der Waals surface area contributed by atoms with Crippen LogP contribution >= 0.6 is 0 Å². The third-order valence-corrected chi connectivity index (χ3v) is 5.86. The highest BCUT2D eigenvalue weighted by atomic mass is 32.2. The number of hydrogen-bond acceptors (Lipinski definition) is 3. The molecule has 0 aliphatic carbocycles. The Kier molecular flexibility index (Phi) is 5.31. The van der Waals surface area contributed by atoms with Gasteiger partial charge in [0.2, 0.25) is 10.0 Å². The molecule has 0 aliphatic heterocycles. The third-order valence-electron chi connectivity index (χ3n) is 3.99. The Morgan fingerprint density at radius 2 is 1.56 bits per heavy atom. The molecule has 0 bridgehead atoms. The van der Waals surface area contributed by atoms with Gasteiger partial charge in [0.1, 0.15) is 4.90 Å². The van der Waals surface area contributed by atoms with Crippen molar-refractivity contribution in [3.63, 3.8) is 0 Å². The lowest BCUT2D eigenvalue weighted by molar-refractivity contribution is 0.423. The lowest BCUT2D eigenvalue weighted by atomic mass is 10.2. The first-order valence-corrected chi connectivity index (χ1v) is 9.64. The van der Waals surface area contributed by atoms with Crippen molar-refractivity contribution in [2.24, 2.45) is 0 Å². The van der Waals surface area contributed by atoms with Crippen molar-refractivity contribution in [3.05, 3.63) is 84.2 Å². The number of nitrogens with zero attached hydrogens (tertiary/aromatic N) is 3. The van der Waals surface area contributed by atoms with Crippen LogP contribution in [-0.2, 0) is 23.1 Å². The van der Waals surface area contributed by atoms with Gasteiger partial charge in [-0.15, -0.1) is 0 Å². The van der Waals surface area contributed by atoms with Crippen molar-refractivity contribution in [1.29, 1.82) is 0 Å². The molecule has 0 aliphatic rings. The van der Waals surface area contributed by atoms with E-state index in [0.29, 0.717) is 19.6 Å². The van der Waals surface area contributed by atoms with E-state index in [1.807, 2.05) is 67.6 Å². The first-order valence-electron chi connectivity index (χ1n) is 8.20. The number of benzene rings is 2. The fourth-order valence-corrected chi connectivity index (χ4v) is 4.03. The molecule has 3 aromatic rings. The molecule has 25 heavy (non-hydrogen) atoms. The van der Waals surface area contributed by atoms with Crippen LogP contribution in [0.3, 0.4) is 0 Å². The molecule has 0 atom stereocenters. The summed E-state index contributed by atoms with van der Waals surface area (Å²) in [6.07, 6.45) is 3.02. The number of sulfonamides is 1. The Morgan fingerprint density at radius 3 is 2.16 bits per heavy atom. The SMILES string of the molecule is CCN(Cc1ccccc1)S(=O)(=O)c1cnn(Cc2ccccc2)c1. The number of rotatable bonds is 7. The van der Waals surface area contributed by atoms with Crippen LogP contribution in [0.15, 0.2) is 78.0 Å². The molecule has 130 valence electrons. The van der Waals surface area contributed by atoms with Crippen LogP contribution in [0.4, 0.5) is 0 Å². The summed E-state index contributed by atoms with van der Waals surface area (Å²) in [5.74, 6) is 0. The highest BCUT2D eigenvalue weighted by Crippen LogP contribution is 2.18. The Labute approximate surface area is 148 Å². The minimum Gasteiger partial charge on any atom is -0.267 e. The molecule has 1 heterocycles. The highest BCUT2D eigenvalue weighted by molar-refractivity contribution is 7.89. The molecular weight excluding hydrogens is 334 g/mol. The van der Waals surface area contributed by atoms with E-state index < -0.39 is 10.0 Å². The molecule has 2 aromatic carbocycles. The van der Waals surface area contributed by atoms with E-state index in [1.54, 1.807) is 10.9 Å². The summed E-state index contributed by atoms with van der Waals surface area (Å²) < 4.78 is 28.9. The average molecular weight is 355 g/mol. The smallest absolute Gasteiger partial charge is 0.246 e. The lowest BCUT2D eigenvalue weighted by Crippen LogP contribution is -2.30. The molecule has 0 spiro atoms. The van der Waals surface area contributed by atoms with Crippen molar-refractivity contribution in [3.8, 4) is 0 Å². The molecule has 6 heteroatoms. The second-order valence-electron chi connectivity index (χ2n) is 5.78. The van der Waals surface area contributed by atoms with Gasteiger partial charge in [-0.1, -0.05) is 67.6 Å². The van der Waals surface area contributed by atoms with E-state index in [2.05, 4.69) is 5.10 Å². The van der Waals surface area contributed by atoms with E-state index in [9.17, 15) is 8.42 Å². The number of hydrogen-bond donors (Lipinski definition) is 0. The molecule has 0 N–H and O–H groups in total. The van der Waals surface area contributed by atoms with Crippen LogP contribution in [-0.4, -0.2) is 29.0 Å². The van der Waals surface area contributed by atoms with Gasteiger partial charge in [0, 0.05) is 19.3 Å². The first-order chi connectivity index (χ1) is 12.1. The van der Waals surface area contributed by atoms with E-state index in [0.717, 1.165) is 11.1 Å². The first kappa shape index (κ1) is 17.4. The van der Waals surface area contributed by atoms with E-state index in [4.69, 9.17) is 0 Å². The van der Waals surface area contributed by atoms with Gasteiger partial charge in [0.15, 0.2) is 0 Å². The maximum Gasteiger partial charge on any atom is 0.246 e. The summed E-state index contributed by atoms with van der Waals surface area (Å²) in [4.78, 5) is 0.223. The Morgan fingerprint density at radius 1 is 0.960 bits per heavy atom. The molecule has 0 radical (unpaired) electrons. The third kappa shape index (κ3) is 4.15. The van der Waals surface area contributed by atoms with Crippen LogP contribution in [0.25, 0.3) is 0 Å². The van der Waals surface area contributed by atoms with Crippen LogP contribution in [0.5, 0.6) is 0 Å². The summed E-state index contributed by atoms with van der Waals surface area (Å²) in [5, 5.41) is 4.21. The molecule has 0 unspecified atom stereocenters. The van der Waals surface area contributed by atoms with Crippen molar-refractivity contribution in [2.75, 3.05) is 6.54 Å². The molecule has 0 saturated carbocycles. The van der Waals surface area contributed by atoms with Gasteiger partial charge in [0.05, 0.1) is 12.7 Å². The largest absolute Gasteiger partial charge is 0.267 e. The maximum absolute atomic E-state index is 12.9. The summed E-state index contributed by atoms with van der Waals surface area (Å²) in [5.41, 5.74) is 2.04. The zero-order valence-electron chi connectivity index (χ0n) is 14.1. The Bertz CT molecular complexity index is 906. The molecule has 1 aromatic heterocycles. The van der Waals surface area contributed by atoms with E-state index in [-0.39, 0.29) is 4.90 Å². The molecule has 5 nitrogen and oxygen atoms in total. The Balaban J connectivity index is 1.79. The predicted octanol–water partition coefficient (Wildman–Crippen LogP) is 3.14. The monoisotopic (exact) mass is 355 g/mol. The summed E-state index contributed by atoms with van der Waals surface area (Å²) >= 11 is 0. The van der Waals surface area contributed by atoms with Crippen molar-refractivity contribution in [1.82, 2.24) is 14.1 Å². The normalized spacial score (nSPS) is 11.8. The van der Waals surface area contributed by atoms with Gasteiger partial charge in [0.25, 0.3) is 0 Å². The van der Waals surface area contributed by atoms with Crippen molar-refractivity contribution >= 4 is 10.0 Å². The molecule has 0 fully saturated rings. The maximum atomic E-state index is 12.9. The summed E-state index contributed by atoms with van der Waals surface area (Å²) in [6.45, 7) is 3.14. The van der Waals surface area contributed by atoms with Crippen molar-refractivity contribution < 1.29 is 8.42 Å². The van der Waals surface area contributed by atoms with Crippen LogP contribution in [0.1, 0.15) is 18.1 Å². The predicted molar refractivity (Wildman–Crippen MR) is 97.5 cm³/mol. The lowest BCUT2D eigenvalue weighted by Gasteiger charge is -2.19. The van der Waals surface area contributed by atoms with Crippen molar-refractivity contribution in [2.45, 2.75) is 24.9 Å². The minimum atomic E-state index is -3.57. The molecule has 3 rings (SSSR count). The average Bonchev–Trinajstić information content (AvgIpc) is 3.10. The second kappa shape index (κ2) is 7.63. The van der Waals surface area contributed by atoms with Crippen LogP contribution in [0.2, 0.25) is 0 Å². The zero-order chi connectivity index (χ0) is 17.7. The summed E-state index contributed by atoms with van der Waals surface area (Å²) in [6, 6.07) is 19.4. The second-order valence-corrected chi connectivity index (χ2v) is 7.71. The fourth-order valence-electron chi connectivity index (χ4n) is 2.64. The van der Waals surface area contributed by atoms with Gasteiger partial charge >= 0.3 is 0 Å². The quantitative estimate of drug-likeness (QED) is 0.654. The molecule has 0 amide bonds. The van der Waals surface area contributed by atoms with Gasteiger partial charge in [-0.3, -0.25) is 4.68 Å². The number of aromatic nitrogens is 2. The zero-order valence-corrected chi connectivity index (χ0v) is 14.9. The summed E-state index contributed by atoms with van der Waals surface area (Å²) in [7, 11) is -3.57. The van der Waals surface area contributed by atoms with Crippen LogP contribution < -0.4 is 0 Å². The topological polar surface area (TPSA) is 55.2 Å². The van der Waals surface area contributed by atoms with Gasteiger partial charge < -0.3 is 0 Å². The van der Waals surface area contributed by atoms with Gasteiger partial charge in [-0.25, -0.2) is 8.42 Å². The molecular formula is C19H21N3O2S. The fraction of sp³-hybridized carbons (Fsp3) is 0.211. The standard InChI is InChI=1S/C19H21N3O2S/c1-2-22(15-18-11-7-4-8-12-18)25(23,24)19-13-20-21(16-19)14-17-9-5-3-6-10-17/h3-13,16H,2,14-15H2,1H3. The molecule has 0 saturated heterocycles. The Hall–Kier alpha value is -2.44. The highest BCUT2D eigenvalue weighted by Gasteiger charge is 2.24. The minimum absolute atomic E-state index is 0.223. The van der Waals surface area contributed by atoms with Gasteiger partial charge in [-0.05, 0) is 11.1 Å². The van der Waals surface area contributed by atoms with E-state index in [1.165, 1.54) is 10.5 Å².